The molecule has 19 heavy (non-hydrogen) atoms. The van der Waals surface area contributed by atoms with Crippen LogP contribution in [0.25, 0.3) is 0 Å². The molecule has 4 heteroatoms. The molecule has 1 aromatic carbocycles. The fourth-order valence-electron chi connectivity index (χ4n) is 1.84. The van der Waals surface area contributed by atoms with Crippen molar-refractivity contribution >= 4 is 21.7 Å². The highest BCUT2D eigenvalue weighted by atomic mass is 79.9. The van der Waals surface area contributed by atoms with Gasteiger partial charge in [0.15, 0.2) is 0 Å². The Hall–Kier alpha value is -1.42. The molecule has 0 spiro atoms. The minimum atomic E-state index is -0.151. The highest BCUT2D eigenvalue weighted by Crippen LogP contribution is 2.16. The number of anilines is 1. The normalized spacial score (nSPS) is 10.5. The van der Waals surface area contributed by atoms with Crippen LogP contribution < -0.4 is 5.32 Å². The predicted molar refractivity (Wildman–Crippen MR) is 80.0 cm³/mol. The van der Waals surface area contributed by atoms with Crippen molar-refractivity contribution in [3.05, 3.63) is 57.4 Å². The lowest BCUT2D eigenvalue weighted by molar-refractivity contribution is 0.617. The Morgan fingerprint density at radius 2 is 2.00 bits per heavy atom. The Kier molecular flexibility index (Phi) is 4.53. The molecule has 0 unspecified atom stereocenters. The molecule has 2 aromatic rings. The molecular formula is C15H16BrFN2. The monoisotopic (exact) mass is 322 g/mol. The third-order valence-electron chi connectivity index (χ3n) is 2.96. The number of benzene rings is 1. The second kappa shape index (κ2) is 6.15. The molecule has 1 heterocycles. The summed E-state index contributed by atoms with van der Waals surface area (Å²) in [5.74, 6) is 0.710. The van der Waals surface area contributed by atoms with E-state index >= 15 is 0 Å². The molecule has 0 atom stereocenters. The van der Waals surface area contributed by atoms with E-state index in [-0.39, 0.29) is 5.82 Å². The van der Waals surface area contributed by atoms with Crippen molar-refractivity contribution in [3.63, 3.8) is 0 Å². The second-order valence-electron chi connectivity index (χ2n) is 4.52. The highest BCUT2D eigenvalue weighted by molar-refractivity contribution is 9.10. The first-order valence-corrected chi connectivity index (χ1v) is 6.97. The molecule has 2 nitrogen and oxygen atoms in total. The van der Waals surface area contributed by atoms with Gasteiger partial charge in [-0.2, -0.15) is 0 Å². The van der Waals surface area contributed by atoms with Gasteiger partial charge >= 0.3 is 0 Å². The van der Waals surface area contributed by atoms with Crippen LogP contribution in [0.4, 0.5) is 10.2 Å². The molecule has 0 saturated heterocycles. The average Bonchev–Trinajstić information content (AvgIpc) is 2.38. The van der Waals surface area contributed by atoms with Crippen LogP contribution in [0.5, 0.6) is 0 Å². The van der Waals surface area contributed by atoms with E-state index in [1.165, 1.54) is 6.07 Å². The molecular weight excluding hydrogens is 307 g/mol. The third kappa shape index (κ3) is 3.77. The zero-order chi connectivity index (χ0) is 13.8. The van der Waals surface area contributed by atoms with Gasteiger partial charge in [-0.15, -0.1) is 0 Å². The average molecular weight is 323 g/mol. The highest BCUT2D eigenvalue weighted by Gasteiger charge is 2.01. The van der Waals surface area contributed by atoms with Crippen LogP contribution in [0.1, 0.15) is 16.8 Å². The van der Waals surface area contributed by atoms with E-state index in [9.17, 15) is 4.39 Å². The Morgan fingerprint density at radius 1 is 1.21 bits per heavy atom. The van der Waals surface area contributed by atoms with E-state index in [4.69, 9.17) is 0 Å². The van der Waals surface area contributed by atoms with Crippen molar-refractivity contribution in [1.82, 2.24) is 4.98 Å². The maximum atomic E-state index is 13.1. The minimum Gasteiger partial charge on any atom is -0.370 e. The van der Waals surface area contributed by atoms with E-state index in [1.54, 1.807) is 6.92 Å². The van der Waals surface area contributed by atoms with Gasteiger partial charge < -0.3 is 5.32 Å². The number of aromatic nitrogens is 1. The van der Waals surface area contributed by atoms with Crippen LogP contribution in [0.3, 0.4) is 0 Å². The van der Waals surface area contributed by atoms with E-state index in [0.717, 1.165) is 34.5 Å². The number of hydrogen-bond acceptors (Lipinski definition) is 2. The number of aryl methyl sites for hydroxylation is 2. The van der Waals surface area contributed by atoms with E-state index in [0.29, 0.717) is 5.56 Å². The van der Waals surface area contributed by atoms with Crippen molar-refractivity contribution in [1.29, 1.82) is 0 Å². The Bertz CT molecular complexity index is 533. The van der Waals surface area contributed by atoms with Gasteiger partial charge in [0, 0.05) is 11.0 Å². The summed E-state index contributed by atoms with van der Waals surface area (Å²) < 4.78 is 14.1. The lowest BCUT2D eigenvalue weighted by Gasteiger charge is -2.08. The van der Waals surface area contributed by atoms with Gasteiger partial charge in [0.1, 0.15) is 11.6 Å². The summed E-state index contributed by atoms with van der Waals surface area (Å²) in [5.41, 5.74) is 2.78. The molecule has 0 aliphatic heterocycles. The zero-order valence-corrected chi connectivity index (χ0v) is 12.6. The maximum absolute atomic E-state index is 13.1. The molecule has 1 aromatic heterocycles. The molecule has 0 radical (unpaired) electrons. The summed E-state index contributed by atoms with van der Waals surface area (Å²) in [6.07, 6.45) is 0.845. The lowest BCUT2D eigenvalue weighted by atomic mass is 10.1. The maximum Gasteiger partial charge on any atom is 0.126 e. The minimum absolute atomic E-state index is 0.151. The standard InChI is InChI=1S/C15H16BrFN2/c1-10-9-12(3-5-14(10)17)7-8-18-15-6-4-13(16)11(2)19-15/h3-6,9H,7-8H2,1-2H3,(H,18,19). The fraction of sp³-hybridized carbons (Fsp3) is 0.267. The van der Waals surface area contributed by atoms with E-state index in [2.05, 4.69) is 26.2 Å². The largest absolute Gasteiger partial charge is 0.370 e. The Labute approximate surface area is 121 Å². The smallest absolute Gasteiger partial charge is 0.126 e. The van der Waals surface area contributed by atoms with E-state index in [1.807, 2.05) is 31.2 Å². The summed E-state index contributed by atoms with van der Waals surface area (Å²) in [7, 11) is 0. The van der Waals surface area contributed by atoms with Gasteiger partial charge in [0.2, 0.25) is 0 Å². The first-order chi connectivity index (χ1) is 9.06. The van der Waals surface area contributed by atoms with Crippen LogP contribution in [-0.2, 0) is 6.42 Å². The van der Waals surface area contributed by atoms with Gasteiger partial charge in [0.05, 0.1) is 5.69 Å². The number of rotatable bonds is 4. The van der Waals surface area contributed by atoms with Crippen molar-refractivity contribution in [3.8, 4) is 0 Å². The first kappa shape index (κ1) is 14.0. The predicted octanol–water partition coefficient (Wildman–Crippen LogP) is 4.25. The SMILES string of the molecule is Cc1cc(CCNc2ccc(Br)c(C)n2)ccc1F. The molecule has 0 aliphatic rings. The second-order valence-corrected chi connectivity index (χ2v) is 5.38. The van der Waals surface area contributed by atoms with Crippen LogP contribution in [-0.4, -0.2) is 11.5 Å². The summed E-state index contributed by atoms with van der Waals surface area (Å²) in [4.78, 5) is 4.42. The lowest BCUT2D eigenvalue weighted by Crippen LogP contribution is -2.07. The van der Waals surface area contributed by atoms with Crippen molar-refractivity contribution < 1.29 is 4.39 Å². The first-order valence-electron chi connectivity index (χ1n) is 6.18. The van der Waals surface area contributed by atoms with Crippen LogP contribution >= 0.6 is 15.9 Å². The summed E-state index contributed by atoms with van der Waals surface area (Å²) in [6, 6.07) is 9.15. The Morgan fingerprint density at radius 3 is 2.68 bits per heavy atom. The van der Waals surface area contributed by atoms with Gasteiger partial charge in [-0.25, -0.2) is 9.37 Å². The number of halogens is 2. The summed E-state index contributed by atoms with van der Waals surface area (Å²) in [6.45, 7) is 4.52. The van der Waals surface area contributed by atoms with Gasteiger partial charge in [-0.3, -0.25) is 0 Å². The van der Waals surface area contributed by atoms with Crippen molar-refractivity contribution in [2.24, 2.45) is 0 Å². The van der Waals surface area contributed by atoms with E-state index < -0.39 is 0 Å². The molecule has 2 rings (SSSR count). The van der Waals surface area contributed by atoms with Crippen LogP contribution in [0.15, 0.2) is 34.8 Å². The molecule has 0 amide bonds. The Balaban J connectivity index is 1.92. The van der Waals surface area contributed by atoms with Gasteiger partial charge in [0.25, 0.3) is 0 Å². The van der Waals surface area contributed by atoms with Crippen LogP contribution in [0, 0.1) is 19.7 Å². The third-order valence-corrected chi connectivity index (χ3v) is 3.80. The molecule has 0 fully saturated rings. The summed E-state index contributed by atoms with van der Waals surface area (Å²) in [5, 5.41) is 3.27. The molecule has 0 bridgehead atoms. The molecule has 0 aliphatic carbocycles. The summed E-state index contributed by atoms with van der Waals surface area (Å²) >= 11 is 3.42. The van der Waals surface area contributed by atoms with Crippen molar-refractivity contribution in [2.75, 3.05) is 11.9 Å². The molecule has 0 saturated carbocycles. The quantitative estimate of drug-likeness (QED) is 0.910. The fourth-order valence-corrected chi connectivity index (χ4v) is 2.06. The van der Waals surface area contributed by atoms with Gasteiger partial charge in [-0.1, -0.05) is 12.1 Å². The van der Waals surface area contributed by atoms with Crippen molar-refractivity contribution in [2.45, 2.75) is 20.3 Å². The number of nitrogens with zero attached hydrogens (tertiary/aromatic N) is 1. The number of pyridine rings is 1. The zero-order valence-electron chi connectivity index (χ0n) is 11.0. The van der Waals surface area contributed by atoms with Gasteiger partial charge in [-0.05, 0) is 65.5 Å². The molecule has 100 valence electrons. The number of nitrogens with one attached hydrogen (secondary N) is 1. The van der Waals surface area contributed by atoms with Crippen LogP contribution in [0.2, 0.25) is 0 Å². The topological polar surface area (TPSA) is 24.9 Å². The number of hydrogen-bond donors (Lipinski definition) is 1. The molecule has 1 N–H and O–H groups in total.